The summed E-state index contributed by atoms with van der Waals surface area (Å²) in [7, 11) is 0. The predicted molar refractivity (Wildman–Crippen MR) is 91.9 cm³/mol. The molecule has 0 unspecified atom stereocenters. The molecule has 0 amide bonds. The molecule has 134 valence electrons. The van der Waals surface area contributed by atoms with Crippen LogP contribution in [0.5, 0.6) is 0 Å². The number of carbonyl (C=O) groups is 2. The van der Waals surface area contributed by atoms with Gasteiger partial charge in [0.1, 0.15) is 11.6 Å². The normalized spacial score (nSPS) is 15.9. The van der Waals surface area contributed by atoms with E-state index in [0.29, 0.717) is 12.8 Å². The molecule has 1 fully saturated rings. The number of aliphatic hydroxyl groups excluding tert-OH is 3. The highest BCUT2D eigenvalue weighted by Gasteiger charge is 2.28. The summed E-state index contributed by atoms with van der Waals surface area (Å²) in [6.07, 6.45) is 1.19. The lowest BCUT2D eigenvalue weighted by atomic mass is 9.79. The SMILES string of the molecule is CC(CO)(CO)CO.Cc1cccc(C)c1C1CC(=O)CC(=O)C1. The molecule has 0 aromatic heterocycles. The Balaban J connectivity index is 0.000000307. The van der Waals surface area contributed by atoms with Crippen LogP contribution in [0.25, 0.3) is 0 Å². The van der Waals surface area contributed by atoms with Crippen LogP contribution in [0.4, 0.5) is 0 Å². The second-order valence-corrected chi connectivity index (χ2v) is 6.95. The van der Waals surface area contributed by atoms with Crippen molar-refractivity contribution in [1.82, 2.24) is 0 Å². The molecule has 2 rings (SSSR count). The fraction of sp³-hybridized carbons (Fsp3) is 0.579. The van der Waals surface area contributed by atoms with Crippen molar-refractivity contribution in [3.8, 4) is 0 Å². The second-order valence-electron chi connectivity index (χ2n) is 6.95. The van der Waals surface area contributed by atoms with Gasteiger partial charge < -0.3 is 15.3 Å². The zero-order valence-electron chi connectivity index (χ0n) is 14.7. The summed E-state index contributed by atoms with van der Waals surface area (Å²) in [5.74, 6) is 0.280. The monoisotopic (exact) mass is 336 g/mol. The second kappa shape index (κ2) is 9.06. The Kier molecular flexibility index (Phi) is 7.73. The van der Waals surface area contributed by atoms with E-state index in [4.69, 9.17) is 15.3 Å². The van der Waals surface area contributed by atoms with Crippen LogP contribution >= 0.6 is 0 Å². The van der Waals surface area contributed by atoms with Gasteiger partial charge in [-0.1, -0.05) is 25.1 Å². The van der Waals surface area contributed by atoms with E-state index in [-0.39, 0.29) is 43.7 Å². The predicted octanol–water partition coefficient (Wildman–Crippen LogP) is 1.68. The van der Waals surface area contributed by atoms with E-state index in [9.17, 15) is 9.59 Å². The average Bonchev–Trinajstić information content (AvgIpc) is 2.54. The number of rotatable bonds is 4. The third kappa shape index (κ3) is 5.51. The van der Waals surface area contributed by atoms with Crippen molar-refractivity contribution in [2.45, 2.75) is 46.0 Å². The van der Waals surface area contributed by atoms with Crippen molar-refractivity contribution >= 4 is 11.6 Å². The first-order chi connectivity index (χ1) is 11.3. The fourth-order valence-corrected chi connectivity index (χ4v) is 2.81. The van der Waals surface area contributed by atoms with Gasteiger partial charge in [-0.05, 0) is 36.5 Å². The van der Waals surface area contributed by atoms with Crippen LogP contribution in [0.2, 0.25) is 0 Å². The highest BCUT2D eigenvalue weighted by atomic mass is 16.3. The average molecular weight is 336 g/mol. The first-order valence-electron chi connectivity index (χ1n) is 8.18. The van der Waals surface area contributed by atoms with Crippen LogP contribution in [-0.2, 0) is 9.59 Å². The maximum Gasteiger partial charge on any atom is 0.140 e. The van der Waals surface area contributed by atoms with Gasteiger partial charge in [0, 0.05) is 18.3 Å². The van der Waals surface area contributed by atoms with Crippen molar-refractivity contribution in [2.75, 3.05) is 19.8 Å². The molecule has 0 aliphatic heterocycles. The summed E-state index contributed by atoms with van der Waals surface area (Å²) < 4.78 is 0. The van der Waals surface area contributed by atoms with Gasteiger partial charge in [0.2, 0.25) is 0 Å². The summed E-state index contributed by atoms with van der Waals surface area (Å²) in [6, 6.07) is 6.11. The highest BCUT2D eigenvalue weighted by molar-refractivity contribution is 6.02. The largest absolute Gasteiger partial charge is 0.396 e. The molecule has 0 heterocycles. The number of benzene rings is 1. The topological polar surface area (TPSA) is 94.8 Å². The van der Waals surface area contributed by atoms with Crippen molar-refractivity contribution < 1.29 is 24.9 Å². The highest BCUT2D eigenvalue weighted by Crippen LogP contribution is 2.33. The molecule has 1 aromatic carbocycles. The molecule has 1 aromatic rings. The summed E-state index contributed by atoms with van der Waals surface area (Å²) >= 11 is 0. The molecule has 3 N–H and O–H groups in total. The van der Waals surface area contributed by atoms with Crippen molar-refractivity contribution in [2.24, 2.45) is 5.41 Å². The molecule has 0 spiro atoms. The molecule has 0 saturated heterocycles. The lowest BCUT2D eigenvalue weighted by Gasteiger charge is -2.23. The van der Waals surface area contributed by atoms with Crippen LogP contribution in [0.1, 0.15) is 48.8 Å². The van der Waals surface area contributed by atoms with Crippen molar-refractivity contribution in [3.05, 3.63) is 34.9 Å². The van der Waals surface area contributed by atoms with E-state index >= 15 is 0 Å². The van der Waals surface area contributed by atoms with Gasteiger partial charge in [-0.15, -0.1) is 0 Å². The zero-order valence-corrected chi connectivity index (χ0v) is 14.7. The number of ketones is 2. The molecule has 0 atom stereocenters. The Bertz CT molecular complexity index is 531. The Morgan fingerprint density at radius 3 is 1.71 bits per heavy atom. The Hall–Kier alpha value is -1.56. The molecular formula is C19H28O5. The Morgan fingerprint density at radius 2 is 1.38 bits per heavy atom. The number of Topliss-reactive ketones (excluding diaryl/α,β-unsaturated/α-hetero) is 2. The van der Waals surface area contributed by atoms with Gasteiger partial charge in [0.25, 0.3) is 0 Å². The van der Waals surface area contributed by atoms with Gasteiger partial charge in [-0.25, -0.2) is 0 Å². The van der Waals surface area contributed by atoms with E-state index in [1.54, 1.807) is 6.92 Å². The van der Waals surface area contributed by atoms with E-state index < -0.39 is 5.41 Å². The van der Waals surface area contributed by atoms with E-state index in [0.717, 1.165) is 0 Å². The van der Waals surface area contributed by atoms with Gasteiger partial charge in [-0.2, -0.15) is 0 Å². The third-order valence-corrected chi connectivity index (χ3v) is 4.44. The summed E-state index contributed by atoms with van der Waals surface area (Å²) in [4.78, 5) is 22.9. The minimum atomic E-state index is -0.708. The number of hydrogen-bond acceptors (Lipinski definition) is 5. The summed E-state index contributed by atoms with van der Waals surface area (Å²) in [6.45, 7) is 5.16. The maximum absolute atomic E-state index is 11.5. The smallest absolute Gasteiger partial charge is 0.140 e. The molecular weight excluding hydrogens is 308 g/mol. The minimum Gasteiger partial charge on any atom is -0.396 e. The van der Waals surface area contributed by atoms with Gasteiger partial charge in [-0.3, -0.25) is 9.59 Å². The third-order valence-electron chi connectivity index (χ3n) is 4.44. The minimum absolute atomic E-state index is 0.0869. The summed E-state index contributed by atoms with van der Waals surface area (Å²) in [5, 5.41) is 25.4. The molecule has 5 nitrogen and oxygen atoms in total. The standard InChI is InChI=1S/C14H16O2.C5H12O3/c1-9-4-3-5-10(2)14(9)11-6-12(15)8-13(16)7-11;1-5(2-6,3-7)4-8/h3-5,11H,6-8H2,1-2H3;6-8H,2-4H2,1H3. The molecule has 24 heavy (non-hydrogen) atoms. The lowest BCUT2D eigenvalue weighted by Crippen LogP contribution is -2.29. The van der Waals surface area contributed by atoms with Crippen molar-refractivity contribution in [3.63, 3.8) is 0 Å². The molecule has 0 radical (unpaired) electrons. The summed E-state index contributed by atoms with van der Waals surface area (Å²) in [5.41, 5.74) is 2.86. The number of carbonyl (C=O) groups excluding carboxylic acids is 2. The molecule has 1 aliphatic rings. The number of aliphatic hydroxyl groups is 3. The van der Waals surface area contributed by atoms with Gasteiger partial charge in [0.15, 0.2) is 0 Å². The van der Waals surface area contributed by atoms with Crippen LogP contribution in [0.15, 0.2) is 18.2 Å². The first kappa shape index (κ1) is 20.5. The Labute approximate surface area is 143 Å². The van der Waals surface area contributed by atoms with E-state index in [1.165, 1.54) is 16.7 Å². The lowest BCUT2D eigenvalue weighted by molar-refractivity contribution is -0.130. The van der Waals surface area contributed by atoms with Crippen LogP contribution in [-0.4, -0.2) is 46.7 Å². The number of hydrogen-bond donors (Lipinski definition) is 3. The first-order valence-corrected chi connectivity index (χ1v) is 8.18. The molecule has 5 heteroatoms. The zero-order chi connectivity index (χ0) is 18.3. The van der Waals surface area contributed by atoms with Crippen LogP contribution < -0.4 is 0 Å². The quantitative estimate of drug-likeness (QED) is 0.727. The fourth-order valence-electron chi connectivity index (χ4n) is 2.81. The Morgan fingerprint density at radius 1 is 0.958 bits per heavy atom. The maximum atomic E-state index is 11.5. The van der Waals surface area contributed by atoms with Crippen LogP contribution in [0.3, 0.4) is 0 Å². The van der Waals surface area contributed by atoms with Crippen LogP contribution in [0, 0.1) is 19.3 Å². The van der Waals surface area contributed by atoms with Gasteiger partial charge >= 0.3 is 0 Å². The van der Waals surface area contributed by atoms with Gasteiger partial charge in [0.05, 0.1) is 26.2 Å². The number of aryl methyl sites for hydroxylation is 2. The van der Waals surface area contributed by atoms with E-state index in [2.05, 4.69) is 0 Å². The molecule has 0 bridgehead atoms. The molecule has 1 saturated carbocycles. The van der Waals surface area contributed by atoms with Crippen molar-refractivity contribution in [1.29, 1.82) is 0 Å². The molecule has 1 aliphatic carbocycles. The van der Waals surface area contributed by atoms with E-state index in [1.807, 2.05) is 32.0 Å².